The molecule has 0 aliphatic carbocycles. The zero-order chi connectivity index (χ0) is 14.4. The summed E-state index contributed by atoms with van der Waals surface area (Å²) in [5, 5.41) is 16.2. The molecule has 0 radical (unpaired) electrons. The summed E-state index contributed by atoms with van der Waals surface area (Å²) in [6, 6.07) is 0.0957. The Bertz CT molecular complexity index is 442. The lowest BCUT2D eigenvalue weighted by Crippen LogP contribution is -2.47. The summed E-state index contributed by atoms with van der Waals surface area (Å²) in [5.74, 6) is 0.257. The van der Waals surface area contributed by atoms with E-state index in [0.717, 1.165) is 5.71 Å². The fraction of sp³-hybridized carbons (Fsp3) is 0.400. The van der Waals surface area contributed by atoms with Crippen molar-refractivity contribution in [3.63, 3.8) is 0 Å². The molecule has 0 bridgehead atoms. The van der Waals surface area contributed by atoms with Crippen LogP contribution in [0.25, 0.3) is 0 Å². The van der Waals surface area contributed by atoms with E-state index in [1.54, 1.807) is 11.9 Å². The molecule has 4 heteroatoms. The van der Waals surface area contributed by atoms with Crippen molar-refractivity contribution < 1.29 is 5.11 Å². The number of aliphatic hydroxyl groups excluding tert-OH is 1. The number of rotatable bonds is 4. The van der Waals surface area contributed by atoms with Gasteiger partial charge in [-0.2, -0.15) is 5.10 Å². The Morgan fingerprint density at radius 1 is 1.42 bits per heavy atom. The van der Waals surface area contributed by atoms with Crippen molar-refractivity contribution in [1.82, 2.24) is 9.91 Å². The van der Waals surface area contributed by atoms with E-state index in [1.807, 2.05) is 51.3 Å². The molecular formula is C15H23N3O. The van der Waals surface area contributed by atoms with Crippen LogP contribution in [0.3, 0.4) is 0 Å². The van der Waals surface area contributed by atoms with E-state index in [-0.39, 0.29) is 11.8 Å². The third-order valence-corrected chi connectivity index (χ3v) is 2.91. The van der Waals surface area contributed by atoms with Crippen molar-refractivity contribution in [1.29, 1.82) is 0 Å². The highest BCUT2D eigenvalue weighted by Crippen LogP contribution is 2.19. The van der Waals surface area contributed by atoms with E-state index in [1.165, 1.54) is 0 Å². The summed E-state index contributed by atoms with van der Waals surface area (Å²) in [6.45, 7) is 10.0. The van der Waals surface area contributed by atoms with E-state index in [2.05, 4.69) is 16.6 Å². The molecule has 0 aromatic rings. The number of hydrogen-bond acceptors (Lipinski definition) is 4. The van der Waals surface area contributed by atoms with Gasteiger partial charge in [-0.3, -0.25) is 4.90 Å². The van der Waals surface area contributed by atoms with Crippen LogP contribution in [-0.2, 0) is 0 Å². The summed E-state index contributed by atoms with van der Waals surface area (Å²) >= 11 is 0. The number of likely N-dealkylation sites (N-methyl/N-ethyl adjacent to an activating group) is 1. The second-order valence-electron chi connectivity index (χ2n) is 4.47. The molecule has 1 unspecified atom stereocenters. The van der Waals surface area contributed by atoms with Crippen LogP contribution in [0, 0.1) is 0 Å². The summed E-state index contributed by atoms with van der Waals surface area (Å²) in [4.78, 5) is 2.13. The average molecular weight is 261 g/mol. The molecule has 1 atom stereocenters. The first-order valence-corrected chi connectivity index (χ1v) is 6.39. The van der Waals surface area contributed by atoms with Crippen LogP contribution >= 0.6 is 0 Å². The quantitative estimate of drug-likeness (QED) is 0.480. The Labute approximate surface area is 115 Å². The van der Waals surface area contributed by atoms with Gasteiger partial charge in [0.25, 0.3) is 0 Å². The second-order valence-corrected chi connectivity index (χ2v) is 4.47. The fourth-order valence-corrected chi connectivity index (χ4v) is 2.04. The van der Waals surface area contributed by atoms with Gasteiger partial charge in [-0.15, -0.1) is 6.58 Å². The molecule has 0 amide bonds. The van der Waals surface area contributed by atoms with E-state index in [0.29, 0.717) is 12.4 Å². The monoisotopic (exact) mass is 261 g/mol. The Kier molecular flexibility index (Phi) is 5.57. The van der Waals surface area contributed by atoms with Gasteiger partial charge in [-0.05, 0) is 40.0 Å². The van der Waals surface area contributed by atoms with Crippen LogP contribution in [0.1, 0.15) is 20.8 Å². The number of nitrogens with zero attached hydrogens (tertiary/aromatic N) is 3. The molecule has 0 aromatic carbocycles. The molecule has 4 nitrogen and oxygen atoms in total. The highest BCUT2D eigenvalue weighted by atomic mass is 16.3. The summed E-state index contributed by atoms with van der Waals surface area (Å²) in [6.07, 6.45) is 9.54. The van der Waals surface area contributed by atoms with Gasteiger partial charge in [-0.1, -0.05) is 18.2 Å². The minimum absolute atomic E-state index is 0.0957. The Morgan fingerprint density at radius 2 is 2.11 bits per heavy atom. The number of hydrogen-bond donors (Lipinski definition) is 1. The van der Waals surface area contributed by atoms with Gasteiger partial charge in [0.1, 0.15) is 5.76 Å². The van der Waals surface area contributed by atoms with Gasteiger partial charge in [-0.25, -0.2) is 5.01 Å². The van der Waals surface area contributed by atoms with E-state index < -0.39 is 0 Å². The van der Waals surface area contributed by atoms with Crippen LogP contribution in [-0.4, -0.2) is 40.5 Å². The van der Waals surface area contributed by atoms with Crippen LogP contribution in [0.5, 0.6) is 0 Å². The third-order valence-electron chi connectivity index (χ3n) is 2.91. The van der Waals surface area contributed by atoms with Crippen molar-refractivity contribution in [3.05, 3.63) is 48.4 Å². The predicted molar refractivity (Wildman–Crippen MR) is 80.8 cm³/mol. The SMILES string of the molecule is C=CC1C(/C=C\C)=NN(C(/C=C\C)=C(/C)O)CN1C. The minimum atomic E-state index is 0.0957. The van der Waals surface area contributed by atoms with E-state index in [4.69, 9.17) is 0 Å². The van der Waals surface area contributed by atoms with Gasteiger partial charge >= 0.3 is 0 Å². The molecule has 104 valence electrons. The molecular weight excluding hydrogens is 238 g/mol. The molecule has 1 aliphatic heterocycles. The molecule has 1 heterocycles. The van der Waals surface area contributed by atoms with Crippen molar-refractivity contribution in [2.45, 2.75) is 26.8 Å². The normalized spacial score (nSPS) is 22.8. The largest absolute Gasteiger partial charge is 0.510 e. The lowest BCUT2D eigenvalue weighted by atomic mass is 10.1. The maximum absolute atomic E-state index is 9.78. The average Bonchev–Trinajstić information content (AvgIpc) is 2.35. The van der Waals surface area contributed by atoms with Crippen molar-refractivity contribution in [3.8, 4) is 0 Å². The zero-order valence-corrected chi connectivity index (χ0v) is 12.2. The van der Waals surface area contributed by atoms with Crippen LogP contribution < -0.4 is 0 Å². The molecule has 0 fully saturated rings. The molecule has 0 saturated carbocycles. The van der Waals surface area contributed by atoms with Crippen LogP contribution in [0.4, 0.5) is 0 Å². The molecule has 0 aromatic heterocycles. The topological polar surface area (TPSA) is 39.1 Å². The lowest BCUT2D eigenvalue weighted by Gasteiger charge is -2.36. The van der Waals surface area contributed by atoms with Crippen molar-refractivity contribution in [2.24, 2.45) is 5.10 Å². The van der Waals surface area contributed by atoms with Gasteiger partial charge in [0.2, 0.25) is 0 Å². The molecule has 1 aliphatic rings. The highest BCUT2D eigenvalue weighted by molar-refractivity contribution is 6.00. The Hall–Kier alpha value is -1.81. The molecule has 19 heavy (non-hydrogen) atoms. The Morgan fingerprint density at radius 3 is 2.58 bits per heavy atom. The second kappa shape index (κ2) is 6.95. The molecule has 0 saturated heterocycles. The number of hydrazone groups is 1. The highest BCUT2D eigenvalue weighted by Gasteiger charge is 2.25. The van der Waals surface area contributed by atoms with Crippen LogP contribution in [0.15, 0.2) is 53.5 Å². The third kappa shape index (κ3) is 3.58. The molecule has 1 N–H and O–H groups in total. The van der Waals surface area contributed by atoms with Gasteiger partial charge in [0.15, 0.2) is 0 Å². The predicted octanol–water partition coefficient (Wildman–Crippen LogP) is 3.04. The Balaban J connectivity index is 3.20. The summed E-state index contributed by atoms with van der Waals surface area (Å²) in [7, 11) is 2.01. The van der Waals surface area contributed by atoms with E-state index >= 15 is 0 Å². The number of allylic oxidation sites excluding steroid dienone is 4. The number of aliphatic hydroxyl groups is 1. The maximum atomic E-state index is 9.78. The first kappa shape index (κ1) is 15.2. The summed E-state index contributed by atoms with van der Waals surface area (Å²) < 4.78 is 0. The van der Waals surface area contributed by atoms with Crippen LogP contribution in [0.2, 0.25) is 0 Å². The van der Waals surface area contributed by atoms with E-state index in [9.17, 15) is 5.11 Å². The smallest absolute Gasteiger partial charge is 0.114 e. The fourth-order valence-electron chi connectivity index (χ4n) is 2.04. The standard InChI is InChI=1S/C15H23N3O/c1-6-9-13-14(8-3)17(5)11-18(16-13)15(10-7-2)12(4)19/h6-10,14,19H,3,11H2,1-2,4-5H3/b9-6-,10-7-,15-12-. The first-order valence-electron chi connectivity index (χ1n) is 6.39. The molecule has 1 rings (SSSR count). The lowest BCUT2D eigenvalue weighted by molar-refractivity contribution is 0.168. The van der Waals surface area contributed by atoms with Gasteiger partial charge in [0, 0.05) is 0 Å². The van der Waals surface area contributed by atoms with Crippen molar-refractivity contribution >= 4 is 5.71 Å². The molecule has 0 spiro atoms. The zero-order valence-electron chi connectivity index (χ0n) is 12.2. The minimum Gasteiger partial charge on any atom is -0.510 e. The van der Waals surface area contributed by atoms with Crippen molar-refractivity contribution in [2.75, 3.05) is 13.7 Å². The van der Waals surface area contributed by atoms with Gasteiger partial charge < -0.3 is 5.11 Å². The first-order chi connectivity index (χ1) is 9.04. The van der Waals surface area contributed by atoms with Gasteiger partial charge in [0.05, 0.1) is 24.1 Å². The summed E-state index contributed by atoms with van der Waals surface area (Å²) in [5.41, 5.74) is 1.62. The maximum Gasteiger partial charge on any atom is 0.114 e.